The van der Waals surface area contributed by atoms with Crippen molar-refractivity contribution >= 4 is 66.9 Å². The van der Waals surface area contributed by atoms with Crippen LogP contribution in [-0.4, -0.2) is 99.7 Å². The Morgan fingerprint density at radius 2 is 1.77 bits per heavy atom. The van der Waals surface area contributed by atoms with Gasteiger partial charge in [0.2, 0.25) is 0 Å². The van der Waals surface area contributed by atoms with Crippen LogP contribution in [0.25, 0.3) is 32.1 Å². The number of piperazine rings is 1. The molecule has 4 aliphatic rings. The third-order valence-electron chi connectivity index (χ3n) is 11.2. The quantitative estimate of drug-likeness (QED) is 0.201. The fraction of sp³-hybridized carbons (Fsp3) is 0.537. The summed E-state index contributed by atoms with van der Waals surface area (Å²) in [6.45, 7) is 13.1. The van der Waals surface area contributed by atoms with Crippen molar-refractivity contribution in [3.8, 4) is 23.2 Å². The number of alkyl halides is 1. The molecule has 4 aliphatic heterocycles. The molecule has 0 spiro atoms. The smallest absolute Gasteiger partial charge is 0.412 e. The van der Waals surface area contributed by atoms with Crippen LogP contribution < -0.4 is 15.0 Å². The maximum Gasteiger partial charge on any atom is 0.412 e. The summed E-state index contributed by atoms with van der Waals surface area (Å²) in [6, 6.07) is 8.48. The van der Waals surface area contributed by atoms with Crippen molar-refractivity contribution in [3.05, 3.63) is 40.7 Å². The summed E-state index contributed by atoms with van der Waals surface area (Å²) in [5.41, 5.74) is -0.343. The number of amides is 2. The molecule has 57 heavy (non-hydrogen) atoms. The van der Waals surface area contributed by atoms with E-state index in [-0.39, 0.29) is 51.4 Å². The zero-order valence-corrected chi connectivity index (χ0v) is 34.5. The topological polar surface area (TPSA) is 133 Å². The lowest BCUT2D eigenvalue weighted by molar-refractivity contribution is 0.0122. The first-order valence-electron chi connectivity index (χ1n) is 19.4. The minimum atomic E-state index is -0.925. The third-order valence-corrected chi connectivity index (χ3v) is 12.6. The maximum absolute atomic E-state index is 15.5. The van der Waals surface area contributed by atoms with Gasteiger partial charge in [-0.05, 0) is 97.5 Å². The Kier molecular flexibility index (Phi) is 9.92. The van der Waals surface area contributed by atoms with Gasteiger partial charge < -0.3 is 19.1 Å². The van der Waals surface area contributed by atoms with E-state index in [0.717, 1.165) is 43.6 Å². The maximum atomic E-state index is 15.5. The highest BCUT2D eigenvalue weighted by atomic mass is 35.5. The van der Waals surface area contributed by atoms with Gasteiger partial charge in [-0.1, -0.05) is 17.7 Å². The van der Waals surface area contributed by atoms with Gasteiger partial charge in [-0.2, -0.15) is 15.2 Å². The highest BCUT2D eigenvalue weighted by Gasteiger charge is 2.50. The van der Waals surface area contributed by atoms with Gasteiger partial charge in [-0.15, -0.1) is 11.3 Å². The van der Waals surface area contributed by atoms with Crippen molar-refractivity contribution < 1.29 is 32.6 Å². The molecule has 302 valence electrons. The Morgan fingerprint density at radius 3 is 2.46 bits per heavy atom. The van der Waals surface area contributed by atoms with Gasteiger partial charge in [-0.3, -0.25) is 15.1 Å². The molecule has 4 aromatic rings. The molecule has 4 atom stereocenters. The number of benzene rings is 2. The highest BCUT2D eigenvalue weighted by Crippen LogP contribution is 2.46. The summed E-state index contributed by atoms with van der Waals surface area (Å²) >= 11 is 8.06. The normalized spacial score (nSPS) is 23.5. The molecule has 0 saturated carbocycles. The summed E-state index contributed by atoms with van der Waals surface area (Å²) in [5, 5.41) is 14.4. The predicted molar refractivity (Wildman–Crippen MR) is 216 cm³/mol. The second-order valence-corrected chi connectivity index (χ2v) is 19.0. The number of fused-ring (bicyclic) bond motifs is 5. The van der Waals surface area contributed by atoms with Crippen LogP contribution in [0.1, 0.15) is 79.2 Å². The standard InChI is InChI=1S/C41H46ClF2N7O5S/c1-39(2,3)55-37(52)48-35-28(17-45)32-25(10-11-30(44)33(32)57-35)26-15-31-27(14-29(26)42)34(47-36(46-31)54-21-41-12-7-13-50(41)18-22(43)16-41)49-19-23-8-9-24(20-49)51(23)38(53)56-40(4,5)6/h10-11,14-15,22-24H,7-9,12-13,16,18-21H2,1-6H3,(H,48,52)/t22-,23?,24?,41+/m1/s1. The van der Waals surface area contributed by atoms with Crippen molar-refractivity contribution in [1.82, 2.24) is 19.8 Å². The van der Waals surface area contributed by atoms with E-state index >= 15 is 4.39 Å². The Hall–Kier alpha value is -4.52. The van der Waals surface area contributed by atoms with Gasteiger partial charge in [0.1, 0.15) is 46.7 Å². The second-order valence-electron chi connectivity index (χ2n) is 17.6. The number of hydrogen-bond donors (Lipinski definition) is 1. The molecule has 6 heterocycles. The monoisotopic (exact) mass is 821 g/mol. The van der Waals surface area contributed by atoms with Crippen LogP contribution >= 0.6 is 22.9 Å². The number of halogens is 3. The minimum absolute atomic E-state index is 0.0698. The molecule has 2 amide bonds. The fourth-order valence-electron chi connectivity index (χ4n) is 8.95. The van der Waals surface area contributed by atoms with Crippen molar-refractivity contribution in [3.63, 3.8) is 0 Å². The average molecular weight is 822 g/mol. The van der Waals surface area contributed by atoms with E-state index in [4.69, 9.17) is 35.8 Å². The molecule has 12 nitrogen and oxygen atoms in total. The summed E-state index contributed by atoms with van der Waals surface area (Å²) in [5.74, 6) is 0.0220. The predicted octanol–water partition coefficient (Wildman–Crippen LogP) is 9.07. The SMILES string of the molecule is CC(C)(C)OC(=O)Nc1sc2c(F)ccc(-c3cc4nc(OC[C@@]56CCCN5C[C@H](F)C6)nc(N5CC6CCC(C5)N6C(=O)OC(C)(C)C)c4cc3Cl)c2c1C#N. The number of anilines is 2. The highest BCUT2D eigenvalue weighted by molar-refractivity contribution is 7.23. The molecule has 2 aromatic carbocycles. The van der Waals surface area contributed by atoms with Gasteiger partial charge in [-0.25, -0.2) is 18.4 Å². The average Bonchev–Trinajstić information content (AvgIpc) is 3.83. The largest absolute Gasteiger partial charge is 0.461 e. The lowest BCUT2D eigenvalue weighted by Gasteiger charge is -2.42. The molecular weight excluding hydrogens is 776 g/mol. The number of aromatic nitrogens is 2. The van der Waals surface area contributed by atoms with Gasteiger partial charge in [0.15, 0.2) is 0 Å². The Balaban J connectivity index is 1.21. The summed E-state index contributed by atoms with van der Waals surface area (Å²) in [6.07, 6.45) is 1.76. The first kappa shape index (κ1) is 39.3. The van der Waals surface area contributed by atoms with Gasteiger partial charge >= 0.3 is 18.2 Å². The molecule has 8 rings (SSSR count). The van der Waals surface area contributed by atoms with Crippen LogP contribution in [0, 0.1) is 17.1 Å². The number of nitrogens with zero attached hydrogens (tertiary/aromatic N) is 6. The Bertz CT molecular complexity index is 2310. The first-order chi connectivity index (χ1) is 26.9. The number of ether oxygens (including phenoxy) is 3. The van der Waals surface area contributed by atoms with E-state index in [9.17, 15) is 19.2 Å². The first-order valence-corrected chi connectivity index (χ1v) is 20.6. The molecule has 2 bridgehead atoms. The van der Waals surface area contributed by atoms with E-state index in [1.807, 2.05) is 25.7 Å². The zero-order chi connectivity index (χ0) is 40.6. The van der Waals surface area contributed by atoms with Gasteiger partial charge in [0.25, 0.3) is 0 Å². The number of nitrogens with one attached hydrogen (secondary N) is 1. The van der Waals surface area contributed by atoms with Crippen molar-refractivity contribution in [1.29, 1.82) is 5.26 Å². The van der Waals surface area contributed by atoms with E-state index < -0.39 is 34.8 Å². The number of hydrogen-bond acceptors (Lipinski definition) is 11. The summed E-state index contributed by atoms with van der Waals surface area (Å²) < 4.78 is 47.9. The molecule has 0 radical (unpaired) electrons. The van der Waals surface area contributed by atoms with Gasteiger partial charge in [0, 0.05) is 47.4 Å². The molecule has 4 fully saturated rings. The Labute approximate surface area is 339 Å². The van der Waals surface area contributed by atoms with Crippen molar-refractivity contribution in [2.24, 2.45) is 0 Å². The molecular formula is C41H46ClF2N7O5S. The van der Waals surface area contributed by atoms with E-state index in [0.29, 0.717) is 58.9 Å². The van der Waals surface area contributed by atoms with Crippen LogP contribution in [0.15, 0.2) is 24.3 Å². The molecule has 4 saturated heterocycles. The van der Waals surface area contributed by atoms with Gasteiger partial charge in [0.05, 0.1) is 33.4 Å². The lowest BCUT2D eigenvalue weighted by atomic mass is 9.95. The third kappa shape index (κ3) is 7.52. The Morgan fingerprint density at radius 1 is 1.05 bits per heavy atom. The van der Waals surface area contributed by atoms with E-state index in [1.165, 1.54) is 6.07 Å². The van der Waals surface area contributed by atoms with Crippen LogP contribution in [0.5, 0.6) is 6.01 Å². The molecule has 2 unspecified atom stereocenters. The summed E-state index contributed by atoms with van der Waals surface area (Å²) in [4.78, 5) is 42.1. The van der Waals surface area contributed by atoms with Crippen LogP contribution in [0.2, 0.25) is 5.02 Å². The van der Waals surface area contributed by atoms with Crippen molar-refractivity contribution in [2.45, 2.75) is 109 Å². The molecule has 1 N–H and O–H groups in total. The van der Waals surface area contributed by atoms with Crippen LogP contribution in [-0.2, 0) is 9.47 Å². The number of rotatable bonds is 6. The zero-order valence-electron chi connectivity index (χ0n) is 32.9. The van der Waals surface area contributed by atoms with Crippen molar-refractivity contribution in [2.75, 3.05) is 43.0 Å². The van der Waals surface area contributed by atoms with Crippen LogP contribution in [0.4, 0.5) is 29.2 Å². The summed E-state index contributed by atoms with van der Waals surface area (Å²) in [7, 11) is 0. The molecule has 0 aliphatic carbocycles. The lowest BCUT2D eigenvalue weighted by Crippen LogP contribution is -2.57. The molecule has 2 aromatic heterocycles. The minimum Gasteiger partial charge on any atom is -0.461 e. The van der Waals surface area contributed by atoms with E-state index in [2.05, 4.69) is 21.2 Å². The fourth-order valence-corrected chi connectivity index (χ4v) is 10.3. The number of nitriles is 1. The number of carbonyl (C=O) groups excluding carboxylic acids is 2. The second kappa shape index (κ2) is 14.4. The molecule has 16 heteroatoms. The van der Waals surface area contributed by atoms with Crippen LogP contribution in [0.3, 0.4) is 0 Å². The van der Waals surface area contributed by atoms with E-state index in [1.54, 1.807) is 39.0 Å². The number of carbonyl (C=O) groups is 2. The number of thiophene rings is 1.